The molecule has 0 aromatic carbocycles. The van der Waals surface area contributed by atoms with Crippen LogP contribution in [0.4, 0.5) is 0 Å². The summed E-state index contributed by atoms with van der Waals surface area (Å²) in [6.45, 7) is 3.06. The molecule has 0 atom stereocenters. The minimum absolute atomic E-state index is 0.0953. The lowest BCUT2D eigenvalue weighted by Crippen LogP contribution is -2.43. The van der Waals surface area contributed by atoms with Gasteiger partial charge in [0, 0.05) is 26.2 Å². The molecule has 5 heteroatoms. The summed E-state index contributed by atoms with van der Waals surface area (Å²) in [5.41, 5.74) is 0.107. The molecule has 15 heavy (non-hydrogen) atoms. The Morgan fingerprint density at radius 1 is 0.933 bits per heavy atom. The van der Waals surface area contributed by atoms with Gasteiger partial charge in [-0.2, -0.15) is 15.8 Å². The van der Waals surface area contributed by atoms with Crippen LogP contribution in [-0.2, 0) is 0 Å². The quantitative estimate of drug-likeness (QED) is 0.560. The summed E-state index contributed by atoms with van der Waals surface area (Å²) >= 11 is 0. The number of allylic oxidation sites excluding steroid dienone is 2. The molecule has 0 N–H and O–H groups in total. The van der Waals surface area contributed by atoms with Gasteiger partial charge in [-0.1, -0.05) is 0 Å². The van der Waals surface area contributed by atoms with E-state index >= 15 is 0 Å². The van der Waals surface area contributed by atoms with E-state index in [-0.39, 0.29) is 11.3 Å². The highest BCUT2D eigenvalue weighted by atomic mass is 15.2. The van der Waals surface area contributed by atoms with E-state index in [1.165, 1.54) is 0 Å². The Hall–Kier alpha value is -2.03. The predicted molar refractivity (Wildman–Crippen MR) is 52.9 cm³/mol. The van der Waals surface area contributed by atoms with Crippen LogP contribution in [0.5, 0.6) is 0 Å². The summed E-state index contributed by atoms with van der Waals surface area (Å²) in [6.07, 6.45) is 0. The van der Waals surface area contributed by atoms with Gasteiger partial charge in [-0.05, 0) is 7.05 Å². The van der Waals surface area contributed by atoms with E-state index in [2.05, 4.69) is 4.90 Å². The van der Waals surface area contributed by atoms with Gasteiger partial charge < -0.3 is 9.80 Å². The molecule has 0 saturated carbocycles. The molecule has 0 aromatic heterocycles. The first-order valence-electron chi connectivity index (χ1n) is 4.61. The van der Waals surface area contributed by atoms with E-state index in [1.54, 1.807) is 17.0 Å². The zero-order chi connectivity index (χ0) is 11.3. The maximum Gasteiger partial charge on any atom is 0.163 e. The number of hydrogen-bond donors (Lipinski definition) is 0. The fourth-order valence-corrected chi connectivity index (χ4v) is 1.45. The number of likely N-dealkylation sites (N-methyl/N-ethyl adjacent to an activating group) is 1. The molecule has 1 saturated heterocycles. The SMILES string of the molecule is CN1CCN(C(C#N)=C(C#N)C#N)CC1. The Kier molecular flexibility index (Phi) is 3.68. The van der Waals surface area contributed by atoms with Crippen molar-refractivity contribution in [1.82, 2.24) is 9.80 Å². The Bertz CT molecular complexity index is 366. The van der Waals surface area contributed by atoms with Gasteiger partial charge in [-0.15, -0.1) is 0 Å². The first-order valence-corrected chi connectivity index (χ1v) is 4.61. The summed E-state index contributed by atoms with van der Waals surface area (Å²) in [6, 6.07) is 5.43. The van der Waals surface area contributed by atoms with Crippen molar-refractivity contribution in [3.05, 3.63) is 11.3 Å². The topological polar surface area (TPSA) is 77.8 Å². The smallest absolute Gasteiger partial charge is 0.163 e. The lowest BCUT2D eigenvalue weighted by atomic mass is 10.2. The fourth-order valence-electron chi connectivity index (χ4n) is 1.45. The Morgan fingerprint density at radius 3 is 1.87 bits per heavy atom. The third-order valence-corrected chi connectivity index (χ3v) is 2.39. The second-order valence-electron chi connectivity index (χ2n) is 3.35. The number of piperazine rings is 1. The molecule has 1 aliphatic heterocycles. The van der Waals surface area contributed by atoms with Crippen LogP contribution in [0.3, 0.4) is 0 Å². The molecule has 1 aliphatic rings. The first kappa shape index (κ1) is 11.0. The van der Waals surface area contributed by atoms with Gasteiger partial charge in [0.05, 0.1) is 0 Å². The molecule has 0 amide bonds. The van der Waals surface area contributed by atoms with Crippen LogP contribution in [0.25, 0.3) is 0 Å². The van der Waals surface area contributed by atoms with Crippen molar-refractivity contribution in [3.63, 3.8) is 0 Å². The van der Waals surface area contributed by atoms with Gasteiger partial charge >= 0.3 is 0 Å². The minimum Gasteiger partial charge on any atom is -0.359 e. The standard InChI is InChI=1S/C10H11N5/c1-14-2-4-15(5-3-14)10(8-13)9(6-11)7-12/h2-5H2,1H3. The Labute approximate surface area is 89.0 Å². The molecular weight excluding hydrogens is 190 g/mol. The van der Waals surface area contributed by atoms with Gasteiger partial charge in [-0.25, -0.2) is 0 Å². The molecule has 1 rings (SSSR count). The van der Waals surface area contributed by atoms with E-state index in [1.807, 2.05) is 13.1 Å². The average Bonchev–Trinajstić information content (AvgIpc) is 2.27. The van der Waals surface area contributed by atoms with E-state index in [0.29, 0.717) is 13.1 Å². The van der Waals surface area contributed by atoms with Crippen molar-refractivity contribution < 1.29 is 0 Å². The highest BCUT2D eigenvalue weighted by molar-refractivity contribution is 5.45. The minimum atomic E-state index is -0.0953. The molecule has 5 nitrogen and oxygen atoms in total. The number of nitriles is 3. The molecule has 0 aliphatic carbocycles. The van der Waals surface area contributed by atoms with Gasteiger partial charge in [0.25, 0.3) is 0 Å². The van der Waals surface area contributed by atoms with Gasteiger partial charge in [-0.3, -0.25) is 0 Å². The van der Waals surface area contributed by atoms with E-state index in [9.17, 15) is 0 Å². The first-order chi connectivity index (χ1) is 7.22. The monoisotopic (exact) mass is 201 g/mol. The molecule has 0 radical (unpaired) electrons. The maximum absolute atomic E-state index is 8.91. The number of rotatable bonds is 1. The van der Waals surface area contributed by atoms with Gasteiger partial charge in [0.1, 0.15) is 23.9 Å². The van der Waals surface area contributed by atoms with Crippen LogP contribution in [0.2, 0.25) is 0 Å². The van der Waals surface area contributed by atoms with E-state index in [4.69, 9.17) is 15.8 Å². The lowest BCUT2D eigenvalue weighted by Gasteiger charge is -2.33. The van der Waals surface area contributed by atoms with Crippen LogP contribution >= 0.6 is 0 Å². The van der Waals surface area contributed by atoms with Crippen molar-refractivity contribution in [2.24, 2.45) is 0 Å². The summed E-state index contributed by atoms with van der Waals surface area (Å²) in [7, 11) is 2.00. The molecule has 0 spiro atoms. The maximum atomic E-state index is 8.91. The highest BCUT2D eigenvalue weighted by Crippen LogP contribution is 2.11. The molecule has 0 aromatic rings. The number of nitrogens with zero attached hydrogens (tertiary/aromatic N) is 5. The van der Waals surface area contributed by atoms with Crippen molar-refractivity contribution in [1.29, 1.82) is 15.8 Å². The van der Waals surface area contributed by atoms with Crippen LogP contribution in [0.15, 0.2) is 11.3 Å². The summed E-state index contributed by atoms with van der Waals surface area (Å²) in [5.74, 6) is 0. The van der Waals surface area contributed by atoms with Crippen molar-refractivity contribution in [2.75, 3.05) is 33.2 Å². The van der Waals surface area contributed by atoms with Gasteiger partial charge in [0.2, 0.25) is 0 Å². The zero-order valence-corrected chi connectivity index (χ0v) is 8.56. The van der Waals surface area contributed by atoms with Gasteiger partial charge in [0.15, 0.2) is 5.57 Å². The van der Waals surface area contributed by atoms with Crippen molar-refractivity contribution in [3.8, 4) is 18.2 Å². The fraction of sp³-hybridized carbons (Fsp3) is 0.500. The lowest BCUT2D eigenvalue weighted by molar-refractivity contribution is 0.190. The summed E-state index contributed by atoms with van der Waals surface area (Å²) in [5, 5.41) is 26.3. The third kappa shape index (κ3) is 2.47. The van der Waals surface area contributed by atoms with E-state index < -0.39 is 0 Å². The van der Waals surface area contributed by atoms with Crippen LogP contribution in [0, 0.1) is 34.0 Å². The van der Waals surface area contributed by atoms with Crippen LogP contribution < -0.4 is 0 Å². The summed E-state index contributed by atoms with van der Waals surface area (Å²) < 4.78 is 0. The predicted octanol–water partition coefficient (Wildman–Crippen LogP) is 0.0586. The Balaban J connectivity index is 2.88. The molecule has 0 bridgehead atoms. The zero-order valence-electron chi connectivity index (χ0n) is 8.56. The average molecular weight is 201 g/mol. The summed E-state index contributed by atoms with van der Waals surface area (Å²) in [4.78, 5) is 3.94. The molecular formula is C10H11N5. The normalized spacial score (nSPS) is 16.0. The van der Waals surface area contributed by atoms with Crippen LogP contribution in [-0.4, -0.2) is 43.0 Å². The molecule has 76 valence electrons. The largest absolute Gasteiger partial charge is 0.359 e. The number of hydrogen-bond acceptors (Lipinski definition) is 5. The molecule has 1 heterocycles. The highest BCUT2D eigenvalue weighted by Gasteiger charge is 2.19. The van der Waals surface area contributed by atoms with Crippen molar-refractivity contribution in [2.45, 2.75) is 0 Å². The van der Waals surface area contributed by atoms with Crippen LogP contribution in [0.1, 0.15) is 0 Å². The second-order valence-corrected chi connectivity index (χ2v) is 3.35. The third-order valence-electron chi connectivity index (χ3n) is 2.39. The Morgan fingerprint density at radius 2 is 1.47 bits per heavy atom. The molecule has 1 fully saturated rings. The second kappa shape index (κ2) is 5.00. The molecule has 0 unspecified atom stereocenters. The van der Waals surface area contributed by atoms with Crippen molar-refractivity contribution >= 4 is 0 Å². The van der Waals surface area contributed by atoms with E-state index in [0.717, 1.165) is 13.1 Å².